The summed E-state index contributed by atoms with van der Waals surface area (Å²) in [7, 11) is 0. The smallest absolute Gasteiger partial charge is 0.184 e. The van der Waals surface area contributed by atoms with E-state index in [4.69, 9.17) is 12.2 Å². The van der Waals surface area contributed by atoms with E-state index < -0.39 is 0 Å². The molecule has 0 N–H and O–H groups in total. The monoisotopic (exact) mass is 378 g/mol. The van der Waals surface area contributed by atoms with Gasteiger partial charge < -0.3 is 0 Å². The fraction of sp³-hybridized carbons (Fsp3) is 0.188. The van der Waals surface area contributed by atoms with Crippen LogP contribution in [-0.4, -0.2) is 21.3 Å². The number of aromatic nitrogens is 2. The molecule has 0 amide bonds. The molecule has 0 unspecified atom stereocenters. The highest BCUT2D eigenvalue weighted by Crippen LogP contribution is 2.27. The third-order valence-corrected chi connectivity index (χ3v) is 6.53. The van der Waals surface area contributed by atoms with Crippen molar-refractivity contribution in [3.63, 3.8) is 0 Å². The second kappa shape index (κ2) is 7.09. The number of carbonyl (C=O) groups is 1. The predicted molar refractivity (Wildman–Crippen MR) is 101 cm³/mol. The molecule has 118 valence electrons. The minimum Gasteiger partial charge on any atom is -0.293 e. The van der Waals surface area contributed by atoms with Crippen LogP contribution in [0.4, 0.5) is 0 Å². The summed E-state index contributed by atoms with van der Waals surface area (Å²) in [5, 5.41) is 4.52. The third kappa shape index (κ3) is 3.80. The molecule has 2 heterocycles. The third-order valence-electron chi connectivity index (χ3n) is 3.20. The first-order valence-electron chi connectivity index (χ1n) is 6.93. The van der Waals surface area contributed by atoms with Crippen LogP contribution in [0.5, 0.6) is 0 Å². The quantitative estimate of drug-likeness (QED) is 0.342. The Hall–Kier alpha value is -1.28. The van der Waals surface area contributed by atoms with E-state index in [1.165, 1.54) is 28.0 Å². The van der Waals surface area contributed by atoms with Gasteiger partial charge in [-0.2, -0.15) is 0 Å². The molecule has 0 atom stereocenters. The maximum Gasteiger partial charge on any atom is 0.184 e. The molecule has 3 nitrogen and oxygen atoms in total. The number of carbonyl (C=O) groups excluding carboxylic acids is 1. The van der Waals surface area contributed by atoms with Crippen molar-refractivity contribution in [3.05, 3.63) is 55.7 Å². The fourth-order valence-corrected chi connectivity index (χ4v) is 5.35. The zero-order valence-electron chi connectivity index (χ0n) is 12.6. The molecule has 0 aliphatic carbocycles. The van der Waals surface area contributed by atoms with Gasteiger partial charge in [-0.3, -0.25) is 4.79 Å². The second-order valence-electron chi connectivity index (χ2n) is 4.92. The Kier molecular flexibility index (Phi) is 5.11. The van der Waals surface area contributed by atoms with Crippen LogP contribution in [0.2, 0.25) is 0 Å². The van der Waals surface area contributed by atoms with E-state index in [-0.39, 0.29) is 5.78 Å². The van der Waals surface area contributed by atoms with Crippen LogP contribution in [0.15, 0.2) is 40.7 Å². The van der Waals surface area contributed by atoms with Crippen molar-refractivity contribution >= 4 is 52.4 Å². The van der Waals surface area contributed by atoms with Gasteiger partial charge in [0.2, 0.25) is 0 Å². The van der Waals surface area contributed by atoms with Gasteiger partial charge in [-0.25, -0.2) is 4.68 Å². The lowest BCUT2D eigenvalue weighted by Crippen LogP contribution is -2.02. The summed E-state index contributed by atoms with van der Waals surface area (Å²) in [6.45, 7) is 4.01. The van der Waals surface area contributed by atoms with Crippen molar-refractivity contribution in [1.82, 2.24) is 9.78 Å². The van der Waals surface area contributed by atoms with Crippen LogP contribution >= 0.6 is 46.7 Å². The molecule has 1 aromatic carbocycles. The first-order valence-corrected chi connectivity index (χ1v) is 9.96. The summed E-state index contributed by atoms with van der Waals surface area (Å²) >= 11 is 9.92. The van der Waals surface area contributed by atoms with Gasteiger partial charge >= 0.3 is 0 Å². The molecule has 0 aliphatic heterocycles. The molecular weight excluding hydrogens is 364 g/mol. The number of benzene rings is 1. The number of nitrogens with zero attached hydrogens (tertiary/aromatic N) is 2. The molecule has 0 saturated carbocycles. The van der Waals surface area contributed by atoms with Crippen molar-refractivity contribution in [2.24, 2.45) is 0 Å². The van der Waals surface area contributed by atoms with Crippen LogP contribution in [0.3, 0.4) is 0 Å². The SMILES string of the molecule is Cc1cc(C(=O)CSc2nn(-c3ccccc3)c(=S)s2)c(C)s1. The molecule has 0 saturated heterocycles. The average Bonchev–Trinajstić information content (AvgIpc) is 3.08. The van der Waals surface area contributed by atoms with Gasteiger partial charge in [0.15, 0.2) is 14.1 Å². The number of para-hydroxylation sites is 1. The van der Waals surface area contributed by atoms with Gasteiger partial charge in [-0.15, -0.1) is 16.4 Å². The Morgan fingerprint density at radius 2 is 2.00 bits per heavy atom. The standard InChI is InChI=1S/C16H14N2OS4/c1-10-8-13(11(2)22-10)14(19)9-21-15-17-18(16(20)23-15)12-6-4-3-5-7-12/h3-8H,9H2,1-2H3. The van der Waals surface area contributed by atoms with Gasteiger partial charge in [0.1, 0.15) is 0 Å². The van der Waals surface area contributed by atoms with Crippen LogP contribution in [0.25, 0.3) is 5.69 Å². The van der Waals surface area contributed by atoms with E-state index >= 15 is 0 Å². The molecular formula is C16H14N2OS4. The summed E-state index contributed by atoms with van der Waals surface area (Å²) in [5.41, 5.74) is 1.77. The van der Waals surface area contributed by atoms with Crippen molar-refractivity contribution < 1.29 is 4.79 Å². The topological polar surface area (TPSA) is 34.9 Å². The van der Waals surface area contributed by atoms with E-state index in [1.54, 1.807) is 16.0 Å². The van der Waals surface area contributed by atoms with E-state index in [0.717, 1.165) is 20.5 Å². The number of thiophene rings is 1. The lowest BCUT2D eigenvalue weighted by Gasteiger charge is -1.99. The number of hydrogen-bond acceptors (Lipinski definition) is 6. The first-order chi connectivity index (χ1) is 11.0. The van der Waals surface area contributed by atoms with Crippen molar-refractivity contribution in [2.45, 2.75) is 18.2 Å². The fourth-order valence-electron chi connectivity index (χ4n) is 2.16. The lowest BCUT2D eigenvalue weighted by atomic mass is 10.2. The molecule has 7 heteroatoms. The second-order valence-corrected chi connectivity index (χ2v) is 9.23. The summed E-state index contributed by atoms with van der Waals surface area (Å²) in [4.78, 5) is 14.6. The van der Waals surface area contributed by atoms with Gasteiger partial charge in [0, 0.05) is 15.3 Å². The molecule has 0 aliphatic rings. The Bertz CT molecular complexity index is 892. The van der Waals surface area contributed by atoms with E-state index in [1.807, 2.05) is 50.2 Å². The minimum atomic E-state index is 0.143. The number of Topliss-reactive ketones (excluding diaryl/α,β-unsaturated/α-hetero) is 1. The molecule has 0 fully saturated rings. The van der Waals surface area contributed by atoms with Crippen molar-refractivity contribution in [1.29, 1.82) is 0 Å². The van der Waals surface area contributed by atoms with Crippen LogP contribution < -0.4 is 0 Å². The normalized spacial score (nSPS) is 10.9. The van der Waals surface area contributed by atoms with Crippen molar-refractivity contribution in [3.8, 4) is 5.69 Å². The highest BCUT2D eigenvalue weighted by molar-refractivity contribution is 8.01. The summed E-state index contributed by atoms with van der Waals surface area (Å²) in [6.07, 6.45) is 0. The highest BCUT2D eigenvalue weighted by atomic mass is 32.2. The van der Waals surface area contributed by atoms with Crippen molar-refractivity contribution in [2.75, 3.05) is 5.75 Å². The lowest BCUT2D eigenvalue weighted by molar-refractivity contribution is 0.102. The Morgan fingerprint density at radius 1 is 1.26 bits per heavy atom. The largest absolute Gasteiger partial charge is 0.293 e. The minimum absolute atomic E-state index is 0.143. The first kappa shape index (κ1) is 16.6. The molecule has 23 heavy (non-hydrogen) atoms. The molecule has 2 aromatic heterocycles. The molecule has 3 rings (SSSR count). The number of thioether (sulfide) groups is 1. The summed E-state index contributed by atoms with van der Waals surface area (Å²) < 4.78 is 3.25. The zero-order chi connectivity index (χ0) is 16.4. The van der Waals surface area contributed by atoms with E-state index in [2.05, 4.69) is 5.10 Å². The Labute approximate surface area is 152 Å². The molecule has 3 aromatic rings. The number of hydrogen-bond donors (Lipinski definition) is 0. The Balaban J connectivity index is 1.73. The zero-order valence-corrected chi connectivity index (χ0v) is 15.9. The maximum atomic E-state index is 12.3. The average molecular weight is 379 g/mol. The number of ketones is 1. The highest BCUT2D eigenvalue weighted by Gasteiger charge is 2.14. The van der Waals surface area contributed by atoms with Gasteiger partial charge in [-0.05, 0) is 44.3 Å². The van der Waals surface area contributed by atoms with Crippen LogP contribution in [0, 0.1) is 17.8 Å². The van der Waals surface area contributed by atoms with Gasteiger partial charge in [0.05, 0.1) is 11.4 Å². The number of aryl methyl sites for hydroxylation is 2. The molecule has 0 spiro atoms. The number of rotatable bonds is 5. The predicted octanol–water partition coefficient (Wildman–Crippen LogP) is 5.32. The molecule has 0 radical (unpaired) electrons. The molecule has 0 bridgehead atoms. The Morgan fingerprint density at radius 3 is 2.65 bits per heavy atom. The van der Waals surface area contributed by atoms with Crippen LogP contribution in [0.1, 0.15) is 20.1 Å². The van der Waals surface area contributed by atoms with E-state index in [0.29, 0.717) is 9.71 Å². The van der Waals surface area contributed by atoms with Crippen LogP contribution in [-0.2, 0) is 0 Å². The van der Waals surface area contributed by atoms with Gasteiger partial charge in [0.25, 0.3) is 0 Å². The van der Waals surface area contributed by atoms with E-state index in [9.17, 15) is 4.79 Å². The maximum absolute atomic E-state index is 12.3. The summed E-state index contributed by atoms with van der Waals surface area (Å²) in [5.74, 6) is 0.526. The van der Waals surface area contributed by atoms with Gasteiger partial charge in [-0.1, -0.05) is 41.3 Å². The summed E-state index contributed by atoms with van der Waals surface area (Å²) in [6, 6.07) is 11.8.